The van der Waals surface area contributed by atoms with Crippen LogP contribution in [0.25, 0.3) is 0 Å². The van der Waals surface area contributed by atoms with E-state index in [4.69, 9.17) is 22.9 Å². The fraction of sp³-hybridized carbons (Fsp3) is 0.652. The van der Waals surface area contributed by atoms with Crippen molar-refractivity contribution in [1.29, 1.82) is 0 Å². The van der Waals surface area contributed by atoms with Crippen molar-refractivity contribution in [2.75, 3.05) is 50.8 Å². The molecule has 0 spiro atoms. The number of rotatable bonds is 28. The third-order valence-corrected chi connectivity index (χ3v) is 21.0. The SMILES string of the molecule is CC[C@H](C)[C@@H]1NC(=O)[C@@H]2CCCN2C(=O)[C@H](C)n2nncc2[C@H]([C@@H](C)CC)NC(=O)[C@H](CO)NC(=O)[C@H](CCCCN)NC(=O)[C@H]([C@@H](C)O)NC(=O)[C@@H](NC(=O)[C@H](CCCN=C(N)N)NC(=O)CN)CSSC[C@@H](C(=O)N[C@@H](Cc2ccccc2)C(=O)N2CCC[C@H]2C(=O)N[C@@H](CC(=O)O)C(=O)O)NC1=O. The molecule has 1 aromatic carbocycles. The van der Waals surface area contributed by atoms with Crippen molar-refractivity contribution in [3.05, 3.63) is 47.8 Å². The fourth-order valence-electron chi connectivity index (χ4n) is 12.1. The fourth-order valence-corrected chi connectivity index (χ4v) is 14.5. The Morgan fingerprint density at radius 3 is 1.96 bits per heavy atom. The summed E-state index contributed by atoms with van der Waals surface area (Å²) in [5.41, 5.74) is 23.2. The van der Waals surface area contributed by atoms with Crippen LogP contribution in [0.3, 0.4) is 0 Å². The maximum Gasteiger partial charge on any atom is 0.326 e. The van der Waals surface area contributed by atoms with Gasteiger partial charge in [0.15, 0.2) is 5.96 Å². The Morgan fingerprint density at radius 1 is 0.708 bits per heavy atom. The van der Waals surface area contributed by atoms with Crippen molar-refractivity contribution < 1.29 is 87.5 Å². The Kier molecular flexibility index (Phi) is 35.8. The molecule has 3 aliphatic rings. The van der Waals surface area contributed by atoms with Gasteiger partial charge in [-0.3, -0.25) is 67.3 Å². The second-order valence-corrected chi connectivity index (χ2v) is 29.0. The van der Waals surface area contributed by atoms with Gasteiger partial charge in [0.2, 0.25) is 70.9 Å². The van der Waals surface area contributed by atoms with E-state index < -0.39 is 210 Å². The molecule has 40 heteroatoms. The van der Waals surface area contributed by atoms with Crippen LogP contribution in [0.2, 0.25) is 0 Å². The van der Waals surface area contributed by atoms with Crippen molar-refractivity contribution in [1.82, 2.24) is 78.0 Å². The lowest BCUT2D eigenvalue weighted by atomic mass is 9.95. The number of aliphatic hydroxyl groups excluding tert-OH is 2. The molecule has 4 heterocycles. The summed E-state index contributed by atoms with van der Waals surface area (Å²) in [5.74, 6) is -16.4. The lowest BCUT2D eigenvalue weighted by Crippen LogP contribution is -2.62. The predicted molar refractivity (Wildman–Crippen MR) is 387 cm³/mol. The van der Waals surface area contributed by atoms with E-state index >= 15 is 14.4 Å². The van der Waals surface area contributed by atoms with Gasteiger partial charge in [0.1, 0.15) is 72.5 Å². The Bertz CT molecular complexity index is 3410. The highest BCUT2D eigenvalue weighted by molar-refractivity contribution is 8.76. The van der Waals surface area contributed by atoms with Crippen LogP contribution in [0, 0.1) is 11.8 Å². The summed E-state index contributed by atoms with van der Waals surface area (Å²) in [6.45, 7) is 8.30. The number of fused-ring (bicyclic) bond motifs is 2. The number of aliphatic imine (C=N–C) groups is 1. The zero-order valence-corrected chi connectivity index (χ0v) is 62.0. The molecule has 0 unspecified atom stereocenters. The number of nitrogens with one attached hydrogen (secondary N) is 10. The van der Waals surface area contributed by atoms with Crippen LogP contribution in [-0.4, -0.2) is 257 Å². The molecule has 2 aromatic rings. The second-order valence-electron chi connectivity index (χ2n) is 26.4. The lowest BCUT2D eigenvalue weighted by Gasteiger charge is -2.32. The first kappa shape index (κ1) is 87.4. The summed E-state index contributed by atoms with van der Waals surface area (Å²) in [5, 5.41) is 75.4. The van der Waals surface area contributed by atoms with E-state index in [0.717, 1.165) is 33.4 Å². The van der Waals surface area contributed by atoms with Gasteiger partial charge < -0.3 is 106 Å². The van der Waals surface area contributed by atoms with Gasteiger partial charge in [0.25, 0.3) is 0 Å². The molecule has 5 rings (SSSR count). The van der Waals surface area contributed by atoms with Crippen molar-refractivity contribution in [2.24, 2.45) is 39.8 Å². The predicted octanol–water partition coefficient (Wildman–Crippen LogP) is -4.85. The minimum atomic E-state index is -1.91. The first-order valence-electron chi connectivity index (χ1n) is 35.4. The maximum atomic E-state index is 15.3. The number of carboxylic acids is 2. The molecular weight excluding hydrogens is 1420 g/mol. The second kappa shape index (κ2) is 43.4. The normalized spacial score (nSPS) is 24.4. The molecule has 2 fully saturated rings. The number of aromatic nitrogens is 3. The number of aliphatic hydroxyl groups is 2. The zero-order chi connectivity index (χ0) is 78.5. The number of carboxylic acid groups (broad SMARTS) is 2. The van der Waals surface area contributed by atoms with Crippen LogP contribution in [0.5, 0.6) is 0 Å². The molecule has 0 bridgehead atoms. The maximum absolute atomic E-state index is 15.3. The molecule has 106 heavy (non-hydrogen) atoms. The topological polar surface area (TPSA) is 594 Å². The van der Waals surface area contributed by atoms with E-state index in [1.165, 1.54) is 22.7 Å². The minimum absolute atomic E-state index is 0.00743. The highest BCUT2D eigenvalue weighted by Crippen LogP contribution is 2.30. The van der Waals surface area contributed by atoms with Gasteiger partial charge in [-0.15, -0.1) is 5.10 Å². The van der Waals surface area contributed by atoms with Gasteiger partial charge in [0.05, 0.1) is 43.6 Å². The quantitative estimate of drug-likeness (QED) is 0.0164. The molecule has 16 atom stereocenters. The largest absolute Gasteiger partial charge is 0.481 e. The van der Waals surface area contributed by atoms with Crippen LogP contribution in [0.4, 0.5) is 0 Å². The van der Waals surface area contributed by atoms with Crippen molar-refractivity contribution in [2.45, 2.75) is 210 Å². The van der Waals surface area contributed by atoms with Gasteiger partial charge in [-0.25, -0.2) is 9.48 Å². The molecule has 0 saturated carbocycles. The standard InChI is InChI=1S/C66H104N20O18S2/c1-7-34(3)51-48-30-72-83-86(48)36(5)63(101)84-25-15-22-47(84)60(98)81-52(35(4)8-2)61(99)79-44(57(95)75-41(27-38-17-10-9-11-18-38)64(102)85-26-16-21-46(85)59(97)76-42(65(103)104)28-50(90)91)32-105-106-33-45(78-54(92)39(73-49(89)29-68)20-14-24-71-66(69)70)58(96)82-53(37(6)88)62(100)74-40(19-12-13-23-67)55(93)77-43(31-87)56(94)80-51/h9-11,17-18,30,34-37,39-47,51-53,87-88H,7-8,12-16,19-29,31-33,67-68H2,1-6H3,(H,73,89)(H,74,100)(H,75,95)(H,76,97)(H,77,93)(H,78,92)(H,79,99)(H,80,94)(H,81,98)(H,82,96)(H,90,91)(H,103,104)(H4,69,70,71)/t34-,35-,36-,37+,39-,40-,41-,42-,43-,44-,45-,46-,47-,51-,52-,53-/m0/s1. The Morgan fingerprint density at radius 2 is 1.33 bits per heavy atom. The number of likely N-dealkylation sites (tertiary alicyclic amines) is 1. The van der Waals surface area contributed by atoms with E-state index in [2.05, 4.69) is 68.5 Å². The summed E-state index contributed by atoms with van der Waals surface area (Å²) >= 11 is 0. The summed E-state index contributed by atoms with van der Waals surface area (Å²) in [4.78, 5) is 204. The summed E-state index contributed by atoms with van der Waals surface area (Å²) in [6, 6.07) is -11.1. The van der Waals surface area contributed by atoms with E-state index in [1.54, 1.807) is 51.1 Å². The average Bonchev–Trinajstić information content (AvgIpc) is 1.62. The first-order chi connectivity index (χ1) is 50.4. The molecular formula is C66H104N20O18S2. The number of amides is 12. The van der Waals surface area contributed by atoms with Crippen LogP contribution < -0.4 is 76.1 Å². The molecule has 0 radical (unpaired) electrons. The summed E-state index contributed by atoms with van der Waals surface area (Å²) in [7, 11) is 1.66. The molecule has 0 aliphatic carbocycles. The number of hydrogen-bond acceptors (Lipinski definition) is 23. The molecule has 38 nitrogen and oxygen atoms in total. The number of unbranched alkanes of at least 4 members (excludes halogenated alkanes) is 1. The van der Waals surface area contributed by atoms with Gasteiger partial charge in [-0.1, -0.05) is 97.7 Å². The Labute approximate surface area is 621 Å². The van der Waals surface area contributed by atoms with Crippen molar-refractivity contribution in [3.8, 4) is 0 Å². The number of guanidine groups is 1. The Balaban J connectivity index is 1.66. The molecule has 3 aliphatic heterocycles. The number of benzene rings is 1. The highest BCUT2D eigenvalue weighted by atomic mass is 33.1. The summed E-state index contributed by atoms with van der Waals surface area (Å²) < 4.78 is 1.28. The van der Waals surface area contributed by atoms with Gasteiger partial charge >= 0.3 is 11.9 Å². The van der Waals surface area contributed by atoms with Crippen LogP contribution in [0.1, 0.15) is 142 Å². The van der Waals surface area contributed by atoms with Crippen LogP contribution in [0.15, 0.2) is 41.5 Å². The van der Waals surface area contributed by atoms with Crippen LogP contribution >= 0.6 is 21.6 Å². The first-order valence-corrected chi connectivity index (χ1v) is 37.9. The van der Waals surface area contributed by atoms with Gasteiger partial charge in [0, 0.05) is 37.6 Å². The zero-order valence-electron chi connectivity index (χ0n) is 60.4. The van der Waals surface area contributed by atoms with E-state index in [-0.39, 0.29) is 95.6 Å². The molecule has 12 amide bonds. The van der Waals surface area contributed by atoms with E-state index in [9.17, 15) is 73.2 Å². The number of carbonyl (C=O) groups excluding carboxylic acids is 12. The monoisotopic (exact) mass is 1530 g/mol. The van der Waals surface area contributed by atoms with Crippen molar-refractivity contribution >= 4 is 110 Å². The lowest BCUT2D eigenvalue weighted by molar-refractivity contribution is -0.148. The summed E-state index contributed by atoms with van der Waals surface area (Å²) in [6.07, 6.45) is 0.185. The molecule has 2 saturated heterocycles. The number of nitrogens with zero attached hydrogens (tertiary/aromatic N) is 6. The smallest absolute Gasteiger partial charge is 0.326 e. The number of carbonyl (C=O) groups is 14. The van der Waals surface area contributed by atoms with E-state index in [1.807, 2.05) is 6.92 Å². The number of hydrogen-bond donors (Lipinski definition) is 18. The third-order valence-electron chi connectivity index (χ3n) is 18.6. The highest BCUT2D eigenvalue weighted by Gasteiger charge is 2.44. The molecule has 588 valence electrons. The van der Waals surface area contributed by atoms with Gasteiger partial charge in [-0.2, -0.15) is 0 Å². The van der Waals surface area contributed by atoms with Gasteiger partial charge in [-0.05, 0) is 95.6 Å². The average molecular weight is 1530 g/mol. The molecule has 1 aromatic heterocycles. The Hall–Kier alpha value is -9.25. The van der Waals surface area contributed by atoms with Crippen LogP contribution in [-0.2, 0) is 73.5 Å². The van der Waals surface area contributed by atoms with E-state index in [0.29, 0.717) is 24.8 Å². The number of nitrogens with two attached hydrogens (primary N) is 4. The number of aliphatic carboxylic acids is 2. The van der Waals surface area contributed by atoms with Crippen molar-refractivity contribution in [3.63, 3.8) is 0 Å². The third kappa shape index (κ3) is 25.8. The minimum Gasteiger partial charge on any atom is -0.481 e. The molecule has 22 N–H and O–H groups in total.